The molecule has 0 bridgehead atoms. The second kappa shape index (κ2) is 14.6. The molecule has 0 radical (unpaired) electrons. The molecular weight excluding hydrogens is 791 g/mol. The second-order valence-electron chi connectivity index (χ2n) is 16.1. The van der Waals surface area contributed by atoms with Crippen molar-refractivity contribution in [2.45, 2.75) is 43.8 Å². The number of carbonyl (C=O) groups excluding carboxylic acids is 2. The Bertz CT molecular complexity index is 3150. The third kappa shape index (κ3) is 5.69. The van der Waals surface area contributed by atoms with Crippen LogP contribution in [0.5, 0.6) is 23.0 Å². The van der Waals surface area contributed by atoms with Gasteiger partial charge in [0.15, 0.2) is 23.1 Å². The molecule has 4 heterocycles. The van der Waals surface area contributed by atoms with Gasteiger partial charge in [-0.05, 0) is 53.0 Å². The summed E-state index contributed by atoms with van der Waals surface area (Å²) >= 11 is 0. The molecule has 1 fully saturated rings. The molecule has 312 valence electrons. The first kappa shape index (κ1) is 38.7. The molecule has 0 amide bonds. The fourth-order valence-electron chi connectivity index (χ4n) is 10.3. The lowest BCUT2D eigenvalue weighted by Crippen LogP contribution is -2.60. The number of ether oxygens (including phenoxy) is 3. The fraction of sp³-hybridized carbons (Fsp3) is 0.250. The summed E-state index contributed by atoms with van der Waals surface area (Å²) in [6.45, 7) is -0.137. The third-order valence-electron chi connectivity index (χ3n) is 13.1. The molecule has 14 nitrogen and oxygen atoms in total. The number of fused-ring (bicyclic) bond motifs is 6. The highest BCUT2D eigenvalue weighted by Gasteiger charge is 2.63. The van der Waals surface area contributed by atoms with E-state index in [0.717, 1.165) is 4.57 Å². The number of methoxy groups -OCH3 is 2. The van der Waals surface area contributed by atoms with Crippen LogP contribution in [0.25, 0.3) is 16.6 Å². The van der Waals surface area contributed by atoms with Crippen LogP contribution >= 0.6 is 0 Å². The molecule has 2 aromatic heterocycles. The lowest BCUT2D eigenvalue weighted by molar-refractivity contribution is -0.134. The number of phenolic OH excluding ortho intramolecular Hbond substituents is 1. The third-order valence-corrected chi connectivity index (χ3v) is 13.1. The molecule has 6 aromatic rings. The van der Waals surface area contributed by atoms with Crippen LogP contribution in [0.4, 0.5) is 0 Å². The molecule has 62 heavy (non-hydrogen) atoms. The number of aromatic nitrogens is 5. The summed E-state index contributed by atoms with van der Waals surface area (Å²) in [5.74, 6) is -0.815. The Kier molecular flexibility index (Phi) is 9.12. The zero-order valence-electron chi connectivity index (χ0n) is 34.1. The molecule has 4 aliphatic rings. The first-order valence-corrected chi connectivity index (χ1v) is 20.4. The minimum Gasteiger partial charge on any atom is -0.508 e. The van der Waals surface area contributed by atoms with Crippen LogP contribution in [0.3, 0.4) is 0 Å². The van der Waals surface area contributed by atoms with Crippen molar-refractivity contribution in [1.82, 2.24) is 23.5 Å². The zero-order chi connectivity index (χ0) is 43.0. The van der Waals surface area contributed by atoms with Gasteiger partial charge in [0.2, 0.25) is 0 Å². The van der Waals surface area contributed by atoms with E-state index in [4.69, 9.17) is 14.2 Å². The van der Waals surface area contributed by atoms with Gasteiger partial charge in [-0.25, -0.2) is 28.5 Å². The SMILES string of the molecule is COc1cc2nc(CCn3c(=O)n4n(c3=O)C3CC5C(=O)C(c6ccccc6)=CC(=O)C5(c5ccccc5)C(C5=COc6ccc(O)cc6C5)C3=CC4)c(=O)n(C)c2cc1OC. The predicted octanol–water partition coefficient (Wildman–Crippen LogP) is 4.83. The zero-order valence-corrected chi connectivity index (χ0v) is 34.1. The van der Waals surface area contributed by atoms with Gasteiger partial charge in [0.1, 0.15) is 17.2 Å². The number of hydrogen-bond donors (Lipinski definition) is 1. The van der Waals surface area contributed by atoms with E-state index in [1.54, 1.807) is 49.7 Å². The van der Waals surface area contributed by atoms with E-state index in [9.17, 15) is 19.5 Å². The molecule has 0 saturated heterocycles. The Morgan fingerprint density at radius 3 is 2.35 bits per heavy atom. The van der Waals surface area contributed by atoms with E-state index in [-0.39, 0.29) is 60.9 Å². The summed E-state index contributed by atoms with van der Waals surface area (Å²) in [5, 5.41) is 10.5. The highest BCUT2D eigenvalue weighted by Crippen LogP contribution is 2.60. The Labute approximate surface area is 353 Å². The highest BCUT2D eigenvalue weighted by molar-refractivity contribution is 6.31. The van der Waals surface area contributed by atoms with Crippen molar-refractivity contribution < 1.29 is 28.9 Å². The van der Waals surface area contributed by atoms with Gasteiger partial charge in [0.05, 0.1) is 49.5 Å². The van der Waals surface area contributed by atoms with Crippen molar-refractivity contribution in [1.29, 1.82) is 0 Å². The van der Waals surface area contributed by atoms with Gasteiger partial charge in [0, 0.05) is 61.5 Å². The van der Waals surface area contributed by atoms with Crippen molar-refractivity contribution in [3.05, 3.63) is 174 Å². The molecule has 4 atom stereocenters. The lowest BCUT2D eigenvalue weighted by Gasteiger charge is -2.54. The predicted molar refractivity (Wildman–Crippen MR) is 229 cm³/mol. The number of Topliss-reactive ketones (excluding diaryl/α,β-unsaturated/α-hetero) is 1. The average Bonchev–Trinajstić information content (AvgIpc) is 3.54. The first-order chi connectivity index (χ1) is 30.0. The second-order valence-corrected chi connectivity index (χ2v) is 16.1. The summed E-state index contributed by atoms with van der Waals surface area (Å²) in [6, 6.07) is 25.7. The van der Waals surface area contributed by atoms with E-state index in [2.05, 4.69) is 4.98 Å². The number of allylic oxidation sites excluding steroid dienone is 5. The van der Waals surface area contributed by atoms with E-state index >= 15 is 9.59 Å². The van der Waals surface area contributed by atoms with Crippen LogP contribution in [-0.2, 0) is 48.0 Å². The van der Waals surface area contributed by atoms with Crippen molar-refractivity contribution in [2.24, 2.45) is 18.9 Å². The van der Waals surface area contributed by atoms with Crippen molar-refractivity contribution in [3.63, 3.8) is 0 Å². The van der Waals surface area contributed by atoms with E-state index in [0.29, 0.717) is 56.1 Å². The van der Waals surface area contributed by atoms with E-state index < -0.39 is 40.2 Å². The van der Waals surface area contributed by atoms with Gasteiger partial charge in [0.25, 0.3) is 5.56 Å². The number of rotatable bonds is 8. The number of nitrogens with zero attached hydrogens (tertiary/aromatic N) is 5. The fourth-order valence-corrected chi connectivity index (χ4v) is 10.3. The number of ketones is 2. The van der Waals surface area contributed by atoms with Gasteiger partial charge < -0.3 is 23.9 Å². The van der Waals surface area contributed by atoms with Crippen LogP contribution in [0, 0.1) is 11.8 Å². The van der Waals surface area contributed by atoms with Gasteiger partial charge in [-0.2, -0.15) is 0 Å². The molecule has 14 heteroatoms. The largest absolute Gasteiger partial charge is 0.508 e. The number of carbonyl (C=O) groups is 2. The molecule has 1 saturated carbocycles. The van der Waals surface area contributed by atoms with Crippen LogP contribution in [-0.4, -0.2) is 54.4 Å². The minimum absolute atomic E-state index is 0.00924. The molecule has 2 aliphatic carbocycles. The highest BCUT2D eigenvalue weighted by atomic mass is 16.5. The Morgan fingerprint density at radius 1 is 0.887 bits per heavy atom. The standard InChI is InChI=1S/C48H41N5O9/c1-50-38-25-41(61-3)40(60-2)24-36(38)49-35(45(50)57)17-18-51-46(58)52-19-16-32-37(53(52)47(51)59)23-34-44(56)33(27-10-6-4-7-11-27)22-42(55)48(34,30-12-8-5-9-13-30)43(32)29-20-28-21-31(54)14-15-39(28)62-26-29/h4-16,21-22,24-26,34,37,43,54H,17-20,23H2,1-3H3. The Balaban J connectivity index is 1.11. The lowest BCUT2D eigenvalue weighted by atomic mass is 9.47. The van der Waals surface area contributed by atoms with Crippen LogP contribution < -0.4 is 31.1 Å². The summed E-state index contributed by atoms with van der Waals surface area (Å²) < 4.78 is 22.4. The number of aryl methyl sites for hydroxylation is 2. The maximum absolute atomic E-state index is 15.4. The summed E-state index contributed by atoms with van der Waals surface area (Å²) in [6.07, 6.45) is 5.29. The summed E-state index contributed by atoms with van der Waals surface area (Å²) in [7, 11) is 4.62. The molecule has 4 unspecified atom stereocenters. The number of aromatic hydroxyl groups is 1. The Morgan fingerprint density at radius 2 is 1.61 bits per heavy atom. The number of hydrogen-bond acceptors (Lipinski definition) is 10. The number of benzene rings is 4. The van der Waals surface area contributed by atoms with Crippen LogP contribution in [0.1, 0.15) is 34.8 Å². The van der Waals surface area contributed by atoms with Crippen molar-refractivity contribution in [2.75, 3.05) is 14.2 Å². The normalized spacial score (nSPS) is 21.4. The topological polar surface area (TPSA) is 166 Å². The first-order valence-electron chi connectivity index (χ1n) is 20.4. The van der Waals surface area contributed by atoms with Crippen LogP contribution in [0.15, 0.2) is 135 Å². The molecule has 1 N–H and O–H groups in total. The summed E-state index contributed by atoms with van der Waals surface area (Å²) in [4.78, 5) is 77.9. The van der Waals surface area contributed by atoms with Gasteiger partial charge in [-0.1, -0.05) is 66.7 Å². The molecule has 0 spiro atoms. The molecule has 2 aliphatic heterocycles. The smallest absolute Gasteiger partial charge is 0.347 e. The quantitative estimate of drug-likeness (QED) is 0.210. The molecule has 4 aromatic carbocycles. The molecule has 10 rings (SSSR count). The van der Waals surface area contributed by atoms with Gasteiger partial charge in [-0.15, -0.1) is 0 Å². The van der Waals surface area contributed by atoms with Crippen molar-refractivity contribution in [3.8, 4) is 23.0 Å². The van der Waals surface area contributed by atoms with E-state index in [1.165, 1.54) is 40.3 Å². The van der Waals surface area contributed by atoms with E-state index in [1.807, 2.05) is 54.6 Å². The van der Waals surface area contributed by atoms with Gasteiger partial charge >= 0.3 is 11.4 Å². The van der Waals surface area contributed by atoms with Gasteiger partial charge in [-0.3, -0.25) is 14.4 Å². The minimum atomic E-state index is -1.45. The Hall–Kier alpha value is -7.48. The maximum Gasteiger partial charge on any atom is 0.347 e. The monoisotopic (exact) mass is 831 g/mol. The van der Waals surface area contributed by atoms with Crippen molar-refractivity contribution >= 4 is 28.2 Å². The van der Waals surface area contributed by atoms with Crippen LogP contribution in [0.2, 0.25) is 0 Å². The number of phenols is 1. The summed E-state index contributed by atoms with van der Waals surface area (Å²) in [5.41, 5.74) is 1.72. The average molecular weight is 832 g/mol. The molecular formula is C48H41N5O9. The maximum atomic E-state index is 15.4.